The van der Waals surface area contributed by atoms with Gasteiger partial charge in [0.2, 0.25) is 5.91 Å². The zero-order chi connectivity index (χ0) is 18.4. The molecule has 2 rings (SSSR count). The first-order valence-electron chi connectivity index (χ1n) is 7.55. The molecule has 0 aliphatic rings. The van der Waals surface area contributed by atoms with Crippen LogP contribution >= 0.6 is 11.3 Å². The monoisotopic (exact) mass is 361 g/mol. The van der Waals surface area contributed by atoms with E-state index in [1.807, 2.05) is 30.3 Å². The second-order valence-corrected chi connectivity index (χ2v) is 6.62. The van der Waals surface area contributed by atoms with Crippen LogP contribution in [0.4, 0.5) is 0 Å². The van der Waals surface area contributed by atoms with Crippen molar-refractivity contribution in [3.8, 4) is 11.3 Å². The summed E-state index contributed by atoms with van der Waals surface area (Å²) in [5, 5.41) is 3.13. The second-order valence-electron chi connectivity index (χ2n) is 5.42. The molecule has 1 aromatic carbocycles. The lowest BCUT2D eigenvalue weighted by Crippen LogP contribution is -2.38. The van der Waals surface area contributed by atoms with E-state index in [-0.39, 0.29) is 12.5 Å². The molecule has 0 aliphatic heterocycles. The molecule has 8 heteroatoms. The molecule has 132 valence electrons. The van der Waals surface area contributed by atoms with Gasteiger partial charge in [-0.15, -0.1) is 11.3 Å². The van der Waals surface area contributed by atoms with Crippen molar-refractivity contribution in [2.24, 2.45) is 0 Å². The first-order chi connectivity index (χ1) is 11.9. The van der Waals surface area contributed by atoms with E-state index in [9.17, 15) is 14.4 Å². The van der Waals surface area contributed by atoms with Gasteiger partial charge in [-0.2, -0.15) is 0 Å². The molecule has 2 aromatic rings. The largest absolute Gasteiger partial charge is 0.451 e. The van der Waals surface area contributed by atoms with Crippen molar-refractivity contribution in [3.05, 3.63) is 40.2 Å². The van der Waals surface area contributed by atoms with Crippen LogP contribution in [0.3, 0.4) is 0 Å². The van der Waals surface area contributed by atoms with Crippen LogP contribution in [0.15, 0.2) is 30.3 Å². The number of carbonyl (C=O) groups excluding carboxylic acids is 3. The van der Waals surface area contributed by atoms with Crippen molar-refractivity contribution >= 4 is 29.1 Å². The Kier molecular flexibility index (Phi) is 6.24. The summed E-state index contributed by atoms with van der Waals surface area (Å²) in [6.45, 7) is 1.20. The fourth-order valence-electron chi connectivity index (χ4n) is 1.94. The number of hydrogen-bond donors (Lipinski definition) is 1. The minimum Gasteiger partial charge on any atom is -0.451 e. The Morgan fingerprint density at radius 1 is 1.20 bits per heavy atom. The standard InChI is InChI=1S/C17H19N3O4S/c1-11-19-15(12-7-5-4-6-8-12)16(25-11)17(23)24-10-13(21)18-9-14(22)20(2)3/h4-8H,9-10H2,1-3H3,(H,18,21). The van der Waals surface area contributed by atoms with Crippen LogP contribution in [0.2, 0.25) is 0 Å². The van der Waals surface area contributed by atoms with E-state index < -0.39 is 18.5 Å². The molecule has 2 amide bonds. The normalized spacial score (nSPS) is 10.2. The van der Waals surface area contributed by atoms with E-state index in [4.69, 9.17) is 4.74 Å². The molecule has 0 spiro atoms. The predicted molar refractivity (Wildman–Crippen MR) is 94.3 cm³/mol. The molecule has 0 bridgehead atoms. The molecule has 0 aliphatic carbocycles. The third-order valence-corrected chi connectivity index (χ3v) is 4.19. The van der Waals surface area contributed by atoms with Crippen molar-refractivity contribution in [3.63, 3.8) is 0 Å². The highest BCUT2D eigenvalue weighted by atomic mass is 32.1. The number of likely N-dealkylation sites (N-methyl/N-ethyl adjacent to an activating group) is 1. The molecule has 0 unspecified atom stereocenters. The first-order valence-corrected chi connectivity index (χ1v) is 8.37. The predicted octanol–water partition coefficient (Wildman–Crippen LogP) is 1.48. The molecule has 7 nitrogen and oxygen atoms in total. The number of rotatable bonds is 6. The number of benzene rings is 1. The Labute approximate surface area is 149 Å². The van der Waals surface area contributed by atoms with Crippen LogP contribution in [0.1, 0.15) is 14.7 Å². The number of nitrogens with zero attached hydrogens (tertiary/aromatic N) is 2. The van der Waals surface area contributed by atoms with E-state index >= 15 is 0 Å². The zero-order valence-corrected chi connectivity index (χ0v) is 15.1. The smallest absolute Gasteiger partial charge is 0.351 e. The maximum atomic E-state index is 12.3. The molecule has 0 radical (unpaired) electrons. The van der Waals surface area contributed by atoms with Gasteiger partial charge in [-0.05, 0) is 6.92 Å². The molecule has 0 saturated heterocycles. The summed E-state index contributed by atoms with van der Waals surface area (Å²) in [7, 11) is 3.18. The molecular weight excluding hydrogens is 342 g/mol. The van der Waals surface area contributed by atoms with E-state index in [1.54, 1.807) is 21.0 Å². The highest BCUT2D eigenvalue weighted by Gasteiger charge is 2.20. The Bertz CT molecular complexity index is 771. The van der Waals surface area contributed by atoms with Gasteiger partial charge >= 0.3 is 5.97 Å². The lowest BCUT2D eigenvalue weighted by Gasteiger charge is -2.11. The molecule has 0 saturated carbocycles. The van der Waals surface area contributed by atoms with Crippen LogP contribution in [0, 0.1) is 6.92 Å². The summed E-state index contributed by atoms with van der Waals surface area (Å²) in [6.07, 6.45) is 0. The SMILES string of the molecule is Cc1nc(-c2ccccc2)c(C(=O)OCC(=O)NCC(=O)N(C)C)s1. The van der Waals surface area contributed by atoms with Crippen molar-refractivity contribution in [2.45, 2.75) is 6.92 Å². The highest BCUT2D eigenvalue weighted by Crippen LogP contribution is 2.28. The van der Waals surface area contributed by atoms with Gasteiger partial charge in [0, 0.05) is 19.7 Å². The van der Waals surface area contributed by atoms with Gasteiger partial charge in [0.25, 0.3) is 5.91 Å². The van der Waals surface area contributed by atoms with Gasteiger partial charge in [0.15, 0.2) is 6.61 Å². The highest BCUT2D eigenvalue weighted by molar-refractivity contribution is 7.14. The number of hydrogen-bond acceptors (Lipinski definition) is 6. The van der Waals surface area contributed by atoms with E-state index in [2.05, 4.69) is 10.3 Å². The van der Waals surface area contributed by atoms with Crippen LogP contribution in [0.25, 0.3) is 11.3 Å². The van der Waals surface area contributed by atoms with Crippen LogP contribution in [-0.2, 0) is 14.3 Å². The summed E-state index contributed by atoms with van der Waals surface area (Å²) in [4.78, 5) is 41.5. The molecular formula is C17H19N3O4S. The molecule has 1 aromatic heterocycles. The van der Waals surface area contributed by atoms with Gasteiger partial charge in [0.1, 0.15) is 4.88 Å². The number of ether oxygens (including phenoxy) is 1. The summed E-state index contributed by atoms with van der Waals surface area (Å²) in [5.41, 5.74) is 1.34. The maximum Gasteiger partial charge on any atom is 0.351 e. The second kappa shape index (κ2) is 8.39. The number of aromatic nitrogens is 1. The molecule has 0 atom stereocenters. The minimum absolute atomic E-state index is 0.141. The van der Waals surface area contributed by atoms with Gasteiger partial charge < -0.3 is 15.0 Å². The van der Waals surface area contributed by atoms with Crippen LogP contribution < -0.4 is 5.32 Å². The van der Waals surface area contributed by atoms with Crippen molar-refractivity contribution in [1.29, 1.82) is 0 Å². The topological polar surface area (TPSA) is 88.6 Å². The van der Waals surface area contributed by atoms with E-state index in [0.717, 1.165) is 10.6 Å². The van der Waals surface area contributed by atoms with Gasteiger partial charge in [-0.1, -0.05) is 30.3 Å². The zero-order valence-electron chi connectivity index (χ0n) is 14.2. The molecule has 0 fully saturated rings. The number of esters is 1. The van der Waals surface area contributed by atoms with E-state index in [0.29, 0.717) is 10.6 Å². The first kappa shape index (κ1) is 18.6. The summed E-state index contributed by atoms with van der Waals surface area (Å²) < 4.78 is 5.05. The van der Waals surface area contributed by atoms with E-state index in [1.165, 1.54) is 16.2 Å². The van der Waals surface area contributed by atoms with Gasteiger partial charge in [0.05, 0.1) is 17.2 Å². The Hall–Kier alpha value is -2.74. The number of nitrogens with one attached hydrogen (secondary N) is 1. The lowest BCUT2D eigenvalue weighted by atomic mass is 10.1. The fourth-order valence-corrected chi connectivity index (χ4v) is 2.77. The average Bonchev–Trinajstić information content (AvgIpc) is 3.00. The summed E-state index contributed by atoms with van der Waals surface area (Å²) >= 11 is 1.21. The van der Waals surface area contributed by atoms with Gasteiger partial charge in [-0.3, -0.25) is 9.59 Å². The fraction of sp³-hybridized carbons (Fsp3) is 0.294. The number of carbonyl (C=O) groups is 3. The maximum absolute atomic E-state index is 12.3. The molecule has 1 N–H and O–H groups in total. The van der Waals surface area contributed by atoms with Crippen molar-refractivity contribution in [2.75, 3.05) is 27.2 Å². The lowest BCUT2D eigenvalue weighted by molar-refractivity contribution is -0.131. The Morgan fingerprint density at radius 3 is 2.52 bits per heavy atom. The third kappa shape index (κ3) is 5.12. The number of aryl methyl sites for hydroxylation is 1. The third-order valence-electron chi connectivity index (χ3n) is 3.24. The van der Waals surface area contributed by atoms with Crippen LogP contribution in [-0.4, -0.2) is 54.9 Å². The van der Waals surface area contributed by atoms with Crippen molar-refractivity contribution in [1.82, 2.24) is 15.2 Å². The molecule has 1 heterocycles. The molecule has 25 heavy (non-hydrogen) atoms. The quantitative estimate of drug-likeness (QED) is 0.788. The van der Waals surface area contributed by atoms with Crippen molar-refractivity contribution < 1.29 is 19.1 Å². The number of amides is 2. The summed E-state index contributed by atoms with van der Waals surface area (Å²) in [5.74, 6) is -1.39. The Morgan fingerprint density at radius 2 is 1.88 bits per heavy atom. The average molecular weight is 361 g/mol. The van der Waals surface area contributed by atoms with Gasteiger partial charge in [-0.25, -0.2) is 9.78 Å². The van der Waals surface area contributed by atoms with Crippen LogP contribution in [0.5, 0.6) is 0 Å². The Balaban J connectivity index is 1.98. The summed E-state index contributed by atoms with van der Waals surface area (Å²) in [6, 6.07) is 9.29. The number of thiazole rings is 1. The minimum atomic E-state index is -0.612.